The molecule has 0 unspecified atom stereocenters. The fourth-order valence-electron chi connectivity index (χ4n) is 3.75. The van der Waals surface area contributed by atoms with Gasteiger partial charge in [0.15, 0.2) is 0 Å². The number of fused-ring (bicyclic) bond motifs is 1. The summed E-state index contributed by atoms with van der Waals surface area (Å²) in [5.41, 5.74) is 2.26. The summed E-state index contributed by atoms with van der Waals surface area (Å²) in [4.78, 5) is 16.1. The molecule has 0 radical (unpaired) electrons. The van der Waals surface area contributed by atoms with E-state index in [1.165, 1.54) is 11.6 Å². The van der Waals surface area contributed by atoms with Crippen LogP contribution in [0.25, 0.3) is 0 Å². The number of amides is 1. The monoisotopic (exact) mass is 363 g/mol. The van der Waals surface area contributed by atoms with Crippen molar-refractivity contribution in [1.82, 2.24) is 9.80 Å². The molecular weight excluding hydrogens is 338 g/mol. The number of sulfonamides is 1. The third-order valence-electron chi connectivity index (χ3n) is 5.21. The Bertz CT molecular complexity index is 768. The van der Waals surface area contributed by atoms with Crippen molar-refractivity contribution in [3.63, 3.8) is 0 Å². The van der Waals surface area contributed by atoms with Gasteiger partial charge in [0.05, 0.1) is 4.90 Å². The average molecular weight is 363 g/mol. The Balaban J connectivity index is 1.60. The first kappa shape index (κ1) is 18.1. The lowest BCUT2D eigenvalue weighted by molar-refractivity contribution is -0.127. The van der Waals surface area contributed by atoms with E-state index in [1.807, 2.05) is 11.0 Å². The molecule has 0 aliphatic carbocycles. The van der Waals surface area contributed by atoms with E-state index in [2.05, 4.69) is 11.5 Å². The summed E-state index contributed by atoms with van der Waals surface area (Å²) in [6.07, 6.45) is 4.30. The summed E-state index contributed by atoms with van der Waals surface area (Å²) in [6.45, 7) is 7.83. The highest BCUT2D eigenvalue weighted by Crippen LogP contribution is 2.25. The Morgan fingerprint density at radius 1 is 1.24 bits per heavy atom. The van der Waals surface area contributed by atoms with Gasteiger partial charge in [-0.15, -0.1) is 0 Å². The fraction of sp³-hybridized carbons (Fsp3) is 0.500. The van der Waals surface area contributed by atoms with Gasteiger partial charge in [-0.2, -0.15) is 0 Å². The zero-order valence-corrected chi connectivity index (χ0v) is 15.2. The molecule has 2 aliphatic heterocycles. The lowest BCUT2D eigenvalue weighted by atomic mass is 9.94. The molecule has 1 saturated heterocycles. The third kappa shape index (κ3) is 4.29. The van der Waals surface area contributed by atoms with E-state index >= 15 is 0 Å². The molecule has 136 valence electrons. The maximum atomic E-state index is 11.7. The van der Waals surface area contributed by atoms with E-state index in [1.54, 1.807) is 12.1 Å². The number of nitrogens with two attached hydrogens (primary N) is 1. The van der Waals surface area contributed by atoms with Gasteiger partial charge in [0.1, 0.15) is 0 Å². The SMILES string of the molecule is C=CC(=O)N1CCC(CN2CCc3ccc(S(N)(=O)=O)cc3C2)CC1. The second-order valence-corrected chi connectivity index (χ2v) is 8.49. The van der Waals surface area contributed by atoms with Gasteiger partial charge in [-0.25, -0.2) is 13.6 Å². The van der Waals surface area contributed by atoms with Crippen LogP contribution in [-0.4, -0.2) is 50.3 Å². The molecular formula is C18H25N3O3S. The molecule has 0 bridgehead atoms. The Labute approximate surface area is 149 Å². The quantitative estimate of drug-likeness (QED) is 0.813. The molecule has 3 rings (SSSR count). The molecule has 1 aromatic rings. The second-order valence-electron chi connectivity index (χ2n) is 6.93. The first-order valence-corrected chi connectivity index (χ1v) is 10.2. The Kier molecular flexibility index (Phi) is 5.27. The Morgan fingerprint density at radius 3 is 2.60 bits per heavy atom. The first-order chi connectivity index (χ1) is 11.9. The van der Waals surface area contributed by atoms with E-state index in [4.69, 9.17) is 5.14 Å². The summed E-state index contributed by atoms with van der Waals surface area (Å²) in [6, 6.07) is 5.18. The van der Waals surface area contributed by atoms with Gasteiger partial charge in [0, 0.05) is 32.7 Å². The molecule has 0 spiro atoms. The molecule has 2 aliphatic rings. The van der Waals surface area contributed by atoms with Crippen molar-refractivity contribution in [2.75, 3.05) is 26.2 Å². The third-order valence-corrected chi connectivity index (χ3v) is 6.13. The van der Waals surface area contributed by atoms with Crippen molar-refractivity contribution in [2.45, 2.75) is 30.7 Å². The minimum atomic E-state index is -3.66. The molecule has 7 heteroatoms. The Morgan fingerprint density at radius 2 is 1.96 bits per heavy atom. The zero-order chi connectivity index (χ0) is 18.0. The van der Waals surface area contributed by atoms with Crippen LogP contribution in [0.5, 0.6) is 0 Å². The van der Waals surface area contributed by atoms with Crippen molar-refractivity contribution in [1.29, 1.82) is 0 Å². The molecule has 6 nitrogen and oxygen atoms in total. The molecule has 1 fully saturated rings. The summed E-state index contributed by atoms with van der Waals surface area (Å²) < 4.78 is 23.1. The van der Waals surface area contributed by atoms with Crippen LogP contribution in [0.4, 0.5) is 0 Å². The van der Waals surface area contributed by atoms with Crippen molar-refractivity contribution < 1.29 is 13.2 Å². The van der Waals surface area contributed by atoms with E-state index < -0.39 is 10.0 Å². The fourth-order valence-corrected chi connectivity index (χ4v) is 4.32. The van der Waals surface area contributed by atoms with E-state index in [9.17, 15) is 13.2 Å². The van der Waals surface area contributed by atoms with Crippen molar-refractivity contribution >= 4 is 15.9 Å². The predicted molar refractivity (Wildman–Crippen MR) is 96.3 cm³/mol. The maximum Gasteiger partial charge on any atom is 0.245 e. The zero-order valence-electron chi connectivity index (χ0n) is 14.4. The number of carbonyl (C=O) groups is 1. The normalized spacial score (nSPS) is 19.5. The molecule has 0 atom stereocenters. The molecule has 25 heavy (non-hydrogen) atoms. The number of carbonyl (C=O) groups excluding carboxylic acids is 1. The number of hydrogen-bond acceptors (Lipinski definition) is 4. The van der Waals surface area contributed by atoms with Crippen LogP contribution < -0.4 is 5.14 Å². The van der Waals surface area contributed by atoms with Gasteiger partial charge in [-0.3, -0.25) is 9.69 Å². The van der Waals surface area contributed by atoms with Gasteiger partial charge >= 0.3 is 0 Å². The van der Waals surface area contributed by atoms with Crippen LogP contribution in [0.3, 0.4) is 0 Å². The largest absolute Gasteiger partial charge is 0.339 e. The van der Waals surface area contributed by atoms with Crippen LogP contribution in [0.2, 0.25) is 0 Å². The van der Waals surface area contributed by atoms with Gasteiger partial charge in [0.2, 0.25) is 15.9 Å². The highest BCUT2D eigenvalue weighted by Gasteiger charge is 2.25. The number of rotatable bonds is 4. The maximum absolute atomic E-state index is 11.7. The number of piperidine rings is 1. The van der Waals surface area contributed by atoms with Crippen LogP contribution >= 0.6 is 0 Å². The second kappa shape index (κ2) is 7.27. The summed E-state index contributed by atoms with van der Waals surface area (Å²) >= 11 is 0. The van der Waals surface area contributed by atoms with Crippen molar-refractivity contribution in [2.24, 2.45) is 11.1 Å². The minimum Gasteiger partial charge on any atom is -0.339 e. The number of likely N-dealkylation sites (tertiary alicyclic amines) is 1. The number of hydrogen-bond donors (Lipinski definition) is 1. The first-order valence-electron chi connectivity index (χ1n) is 8.65. The lowest BCUT2D eigenvalue weighted by Crippen LogP contribution is -2.42. The van der Waals surface area contributed by atoms with Gasteiger partial charge in [0.25, 0.3) is 0 Å². The summed E-state index contributed by atoms with van der Waals surface area (Å²) in [5.74, 6) is 0.581. The van der Waals surface area contributed by atoms with Crippen molar-refractivity contribution in [3.05, 3.63) is 42.0 Å². The van der Waals surface area contributed by atoms with Crippen LogP contribution in [0, 0.1) is 5.92 Å². The van der Waals surface area contributed by atoms with Gasteiger partial charge in [-0.1, -0.05) is 12.6 Å². The van der Waals surface area contributed by atoms with Crippen LogP contribution in [0.15, 0.2) is 35.7 Å². The average Bonchev–Trinajstić information content (AvgIpc) is 2.60. The minimum absolute atomic E-state index is 0.0147. The van der Waals surface area contributed by atoms with Crippen LogP contribution in [0.1, 0.15) is 24.0 Å². The lowest BCUT2D eigenvalue weighted by Gasteiger charge is -2.36. The van der Waals surface area contributed by atoms with E-state index in [0.717, 1.165) is 57.5 Å². The van der Waals surface area contributed by atoms with Gasteiger partial charge < -0.3 is 4.90 Å². The summed E-state index contributed by atoms with van der Waals surface area (Å²) in [5, 5.41) is 5.24. The predicted octanol–water partition coefficient (Wildman–Crippen LogP) is 1.12. The van der Waals surface area contributed by atoms with E-state index in [0.29, 0.717) is 5.92 Å². The van der Waals surface area contributed by atoms with Crippen LogP contribution in [-0.2, 0) is 27.8 Å². The number of primary sulfonamides is 1. The molecule has 0 saturated carbocycles. The topological polar surface area (TPSA) is 83.7 Å². The Hall–Kier alpha value is -1.70. The molecule has 1 amide bonds. The summed E-state index contributed by atoms with van der Waals surface area (Å²) in [7, 11) is -3.66. The molecule has 2 heterocycles. The standard InChI is InChI=1S/C18H25N3O3S/c1-2-18(22)21-9-5-14(6-10-21)12-20-8-7-15-3-4-17(25(19,23)24)11-16(15)13-20/h2-4,11,14H,1,5-10,12-13H2,(H2,19,23,24). The molecule has 2 N–H and O–H groups in total. The smallest absolute Gasteiger partial charge is 0.245 e. The molecule has 1 aromatic carbocycles. The van der Waals surface area contributed by atoms with E-state index in [-0.39, 0.29) is 10.8 Å². The molecule has 0 aromatic heterocycles. The van der Waals surface area contributed by atoms with Gasteiger partial charge in [-0.05, 0) is 54.5 Å². The number of benzene rings is 1. The van der Waals surface area contributed by atoms with Crippen molar-refractivity contribution in [3.8, 4) is 0 Å². The number of nitrogens with zero attached hydrogens (tertiary/aromatic N) is 2. The highest BCUT2D eigenvalue weighted by atomic mass is 32.2. The highest BCUT2D eigenvalue weighted by molar-refractivity contribution is 7.89.